The molecule has 3 aromatic rings. The second-order valence-electron chi connectivity index (χ2n) is 5.82. The van der Waals surface area contributed by atoms with E-state index in [1.165, 1.54) is 0 Å². The molecule has 0 aliphatic heterocycles. The van der Waals surface area contributed by atoms with Crippen molar-refractivity contribution >= 4 is 34.7 Å². The zero-order valence-electron chi connectivity index (χ0n) is 14.9. The Bertz CT molecular complexity index is 1010. The average Bonchev–Trinajstić information content (AvgIpc) is 3.00. The van der Waals surface area contributed by atoms with Gasteiger partial charge < -0.3 is 15.0 Å². The standard InChI is InChI=1S/C20H20N4O3/c1-2-27-19(25)13-24-12-14(15-7-4-6-10-18(15)24)11-22-23-20(26)16-8-3-5-9-17(16)21/h3-12H,2,13,21H2,1H3,(H,23,26)/b22-11-. The van der Waals surface area contributed by atoms with Crippen LogP contribution >= 0.6 is 0 Å². The average molecular weight is 364 g/mol. The van der Waals surface area contributed by atoms with E-state index in [2.05, 4.69) is 10.5 Å². The summed E-state index contributed by atoms with van der Waals surface area (Å²) < 4.78 is 6.81. The number of nitrogen functional groups attached to an aromatic ring is 1. The van der Waals surface area contributed by atoms with Crippen LogP contribution in [0.3, 0.4) is 0 Å². The lowest BCUT2D eigenvalue weighted by atomic mass is 10.2. The molecule has 27 heavy (non-hydrogen) atoms. The zero-order chi connectivity index (χ0) is 19.2. The third-order valence-corrected chi connectivity index (χ3v) is 4.00. The number of carbonyl (C=O) groups is 2. The maximum absolute atomic E-state index is 12.2. The summed E-state index contributed by atoms with van der Waals surface area (Å²) in [5.41, 5.74) is 10.7. The molecule has 7 heteroatoms. The molecule has 1 amide bonds. The molecule has 0 fully saturated rings. The number of carbonyl (C=O) groups excluding carboxylic acids is 2. The molecule has 1 heterocycles. The van der Waals surface area contributed by atoms with Crippen molar-refractivity contribution < 1.29 is 14.3 Å². The highest BCUT2D eigenvalue weighted by atomic mass is 16.5. The second kappa shape index (κ2) is 8.18. The van der Waals surface area contributed by atoms with E-state index >= 15 is 0 Å². The van der Waals surface area contributed by atoms with E-state index in [0.717, 1.165) is 16.5 Å². The number of hydrazone groups is 1. The smallest absolute Gasteiger partial charge is 0.325 e. The van der Waals surface area contributed by atoms with Crippen molar-refractivity contribution in [2.45, 2.75) is 13.5 Å². The summed E-state index contributed by atoms with van der Waals surface area (Å²) in [6.07, 6.45) is 3.34. The highest BCUT2D eigenvalue weighted by molar-refractivity contribution is 6.02. The normalized spacial score (nSPS) is 11.0. The van der Waals surface area contributed by atoms with E-state index in [0.29, 0.717) is 17.9 Å². The summed E-state index contributed by atoms with van der Waals surface area (Å²) in [6.45, 7) is 2.21. The first-order valence-corrected chi connectivity index (χ1v) is 8.51. The summed E-state index contributed by atoms with van der Waals surface area (Å²) >= 11 is 0. The number of rotatable bonds is 6. The van der Waals surface area contributed by atoms with Crippen LogP contribution in [0.4, 0.5) is 5.69 Å². The van der Waals surface area contributed by atoms with E-state index in [4.69, 9.17) is 10.5 Å². The van der Waals surface area contributed by atoms with Gasteiger partial charge in [-0.05, 0) is 25.1 Å². The number of nitrogens with one attached hydrogen (secondary N) is 1. The number of nitrogens with zero attached hydrogens (tertiary/aromatic N) is 2. The predicted octanol–water partition coefficient (Wildman–Crippen LogP) is 2.55. The number of esters is 1. The number of benzene rings is 2. The molecular formula is C20H20N4O3. The molecule has 0 saturated carbocycles. The Morgan fingerprint density at radius 1 is 1.19 bits per heavy atom. The SMILES string of the molecule is CCOC(=O)Cn1cc(/C=N\NC(=O)c2ccccc2N)c2ccccc21. The van der Waals surface area contributed by atoms with Crippen LogP contribution in [-0.2, 0) is 16.1 Å². The van der Waals surface area contributed by atoms with Gasteiger partial charge in [-0.1, -0.05) is 30.3 Å². The number of fused-ring (bicyclic) bond motifs is 1. The molecule has 138 valence electrons. The number of anilines is 1. The van der Waals surface area contributed by atoms with Gasteiger partial charge in [-0.25, -0.2) is 5.43 Å². The van der Waals surface area contributed by atoms with Crippen LogP contribution in [0.5, 0.6) is 0 Å². The van der Waals surface area contributed by atoms with Crippen molar-refractivity contribution in [2.75, 3.05) is 12.3 Å². The first kappa shape index (κ1) is 18.2. The maximum Gasteiger partial charge on any atom is 0.325 e. The molecule has 0 aliphatic carbocycles. The summed E-state index contributed by atoms with van der Waals surface area (Å²) in [7, 11) is 0. The fraction of sp³-hybridized carbons (Fsp3) is 0.150. The molecular weight excluding hydrogens is 344 g/mol. The zero-order valence-corrected chi connectivity index (χ0v) is 14.9. The Labute approximate surface area is 156 Å². The van der Waals surface area contributed by atoms with Crippen LogP contribution in [0.1, 0.15) is 22.8 Å². The highest BCUT2D eigenvalue weighted by Crippen LogP contribution is 2.20. The molecule has 1 aromatic heterocycles. The van der Waals surface area contributed by atoms with E-state index in [1.54, 1.807) is 48.2 Å². The maximum atomic E-state index is 12.2. The molecule has 0 aliphatic rings. The Hall–Kier alpha value is -3.61. The molecule has 0 bridgehead atoms. The van der Waals surface area contributed by atoms with Gasteiger partial charge in [-0.3, -0.25) is 9.59 Å². The van der Waals surface area contributed by atoms with Crippen LogP contribution in [0, 0.1) is 0 Å². The third kappa shape index (κ3) is 4.14. The summed E-state index contributed by atoms with van der Waals surface area (Å²) in [6, 6.07) is 14.4. The summed E-state index contributed by atoms with van der Waals surface area (Å²) in [4.78, 5) is 24.0. The summed E-state index contributed by atoms with van der Waals surface area (Å²) in [5, 5.41) is 4.94. The van der Waals surface area contributed by atoms with Gasteiger partial charge in [0.25, 0.3) is 5.91 Å². The van der Waals surface area contributed by atoms with Crippen LogP contribution in [0.25, 0.3) is 10.9 Å². The van der Waals surface area contributed by atoms with Crippen molar-refractivity contribution in [3.05, 3.63) is 65.9 Å². The number of aromatic nitrogens is 1. The van der Waals surface area contributed by atoms with E-state index < -0.39 is 0 Å². The highest BCUT2D eigenvalue weighted by Gasteiger charge is 2.11. The number of hydrogen-bond donors (Lipinski definition) is 2. The third-order valence-electron chi connectivity index (χ3n) is 4.00. The van der Waals surface area contributed by atoms with Gasteiger partial charge in [0, 0.05) is 28.4 Å². The summed E-state index contributed by atoms with van der Waals surface area (Å²) in [5.74, 6) is -0.700. The van der Waals surface area contributed by atoms with Gasteiger partial charge in [0.2, 0.25) is 0 Å². The van der Waals surface area contributed by atoms with Crippen LogP contribution in [-0.4, -0.2) is 29.3 Å². The number of nitrogens with two attached hydrogens (primary N) is 1. The molecule has 0 unspecified atom stereocenters. The molecule has 0 spiro atoms. The fourth-order valence-corrected chi connectivity index (χ4v) is 2.78. The largest absolute Gasteiger partial charge is 0.465 e. The fourth-order valence-electron chi connectivity index (χ4n) is 2.78. The molecule has 3 rings (SSSR count). The lowest BCUT2D eigenvalue weighted by Crippen LogP contribution is -2.19. The molecule has 0 saturated heterocycles. The first-order chi connectivity index (χ1) is 13.1. The Kier molecular flexibility index (Phi) is 5.51. The van der Waals surface area contributed by atoms with Crippen LogP contribution < -0.4 is 11.2 Å². The second-order valence-corrected chi connectivity index (χ2v) is 5.82. The number of para-hydroxylation sites is 2. The molecule has 7 nitrogen and oxygen atoms in total. The van der Waals surface area contributed by atoms with Crippen molar-refractivity contribution in [3.63, 3.8) is 0 Å². The van der Waals surface area contributed by atoms with E-state index in [-0.39, 0.29) is 18.4 Å². The van der Waals surface area contributed by atoms with E-state index in [1.807, 2.05) is 24.3 Å². The van der Waals surface area contributed by atoms with Gasteiger partial charge in [0.15, 0.2) is 0 Å². The Morgan fingerprint density at radius 3 is 2.70 bits per heavy atom. The lowest BCUT2D eigenvalue weighted by Gasteiger charge is -2.04. The van der Waals surface area contributed by atoms with E-state index in [9.17, 15) is 9.59 Å². The number of ether oxygens (including phenoxy) is 1. The van der Waals surface area contributed by atoms with Crippen molar-refractivity contribution in [3.8, 4) is 0 Å². The molecule has 0 radical (unpaired) electrons. The number of hydrogen-bond acceptors (Lipinski definition) is 5. The van der Waals surface area contributed by atoms with Crippen LogP contribution in [0.2, 0.25) is 0 Å². The topological polar surface area (TPSA) is 98.7 Å². The van der Waals surface area contributed by atoms with Gasteiger partial charge in [0.1, 0.15) is 6.54 Å². The minimum atomic E-state index is -0.389. The van der Waals surface area contributed by atoms with Gasteiger partial charge in [0.05, 0.1) is 18.4 Å². The van der Waals surface area contributed by atoms with Crippen molar-refractivity contribution in [1.82, 2.24) is 9.99 Å². The monoisotopic (exact) mass is 364 g/mol. The van der Waals surface area contributed by atoms with Crippen molar-refractivity contribution in [1.29, 1.82) is 0 Å². The Balaban J connectivity index is 1.80. The van der Waals surface area contributed by atoms with Gasteiger partial charge in [-0.15, -0.1) is 0 Å². The minimum Gasteiger partial charge on any atom is -0.465 e. The number of amides is 1. The quantitative estimate of drug-likeness (QED) is 0.304. The Morgan fingerprint density at radius 2 is 1.93 bits per heavy atom. The lowest BCUT2D eigenvalue weighted by molar-refractivity contribution is -0.143. The molecule has 2 aromatic carbocycles. The minimum absolute atomic E-state index is 0.106. The molecule has 3 N–H and O–H groups in total. The van der Waals surface area contributed by atoms with Gasteiger partial charge >= 0.3 is 5.97 Å². The predicted molar refractivity (Wildman–Crippen MR) is 104 cm³/mol. The van der Waals surface area contributed by atoms with Crippen LogP contribution in [0.15, 0.2) is 59.8 Å². The van der Waals surface area contributed by atoms with Crippen molar-refractivity contribution in [2.24, 2.45) is 5.10 Å². The molecule has 0 atom stereocenters. The van der Waals surface area contributed by atoms with Gasteiger partial charge in [-0.2, -0.15) is 5.10 Å². The first-order valence-electron chi connectivity index (χ1n) is 8.51.